The molecule has 0 spiro atoms. The van der Waals surface area contributed by atoms with Crippen LogP contribution in [0.4, 0.5) is 4.39 Å². The van der Waals surface area contributed by atoms with E-state index in [1.165, 1.54) is 0 Å². The molecule has 1 aliphatic rings. The lowest BCUT2D eigenvalue weighted by Gasteiger charge is -2.44. The maximum absolute atomic E-state index is 11.9. The van der Waals surface area contributed by atoms with Crippen molar-refractivity contribution in [3.63, 3.8) is 0 Å². The number of halogens is 1. The van der Waals surface area contributed by atoms with Crippen LogP contribution in [0, 0.1) is 0 Å². The Morgan fingerprint density at radius 3 is 2.73 bits per heavy atom. The third kappa shape index (κ3) is 4.07. The van der Waals surface area contributed by atoms with E-state index in [-0.39, 0.29) is 12.2 Å². The van der Waals surface area contributed by atoms with Crippen LogP contribution in [-0.2, 0) is 4.74 Å². The first kappa shape index (κ1) is 12.9. The Morgan fingerprint density at radius 2 is 2.07 bits per heavy atom. The molecule has 0 aromatic heterocycles. The van der Waals surface area contributed by atoms with Gasteiger partial charge in [-0.1, -0.05) is 0 Å². The van der Waals surface area contributed by atoms with Crippen molar-refractivity contribution in [1.82, 2.24) is 4.90 Å². The molecule has 0 aromatic carbocycles. The molecule has 0 unspecified atom stereocenters. The van der Waals surface area contributed by atoms with Crippen molar-refractivity contribution >= 4 is 0 Å². The standard InChI is InChI=1S/C12H24FNO/c1-11-9-14(8-6-4-5-7-13)12(2,3)10-15-11/h11H,4-10H2,1-3H3/t11-/m0/s1. The molecule has 1 heterocycles. The Bertz CT molecular complexity index is 184. The van der Waals surface area contributed by atoms with E-state index in [9.17, 15) is 4.39 Å². The molecule has 0 radical (unpaired) electrons. The number of alkyl halides is 1. The summed E-state index contributed by atoms with van der Waals surface area (Å²) in [6.45, 7) is 9.25. The molecule has 0 N–H and O–H groups in total. The average Bonchev–Trinajstić information content (AvgIpc) is 2.18. The van der Waals surface area contributed by atoms with Gasteiger partial charge in [0, 0.05) is 12.1 Å². The predicted molar refractivity (Wildman–Crippen MR) is 60.9 cm³/mol. The Hall–Kier alpha value is -0.150. The molecule has 1 rings (SSSR count). The van der Waals surface area contributed by atoms with Gasteiger partial charge in [-0.2, -0.15) is 0 Å². The van der Waals surface area contributed by atoms with Gasteiger partial charge in [0.25, 0.3) is 0 Å². The van der Waals surface area contributed by atoms with Crippen LogP contribution in [0.25, 0.3) is 0 Å². The highest BCUT2D eigenvalue weighted by Gasteiger charge is 2.32. The van der Waals surface area contributed by atoms with Gasteiger partial charge in [0.15, 0.2) is 0 Å². The van der Waals surface area contributed by atoms with Gasteiger partial charge in [-0.05, 0) is 46.6 Å². The van der Waals surface area contributed by atoms with Crippen LogP contribution in [0.15, 0.2) is 0 Å². The van der Waals surface area contributed by atoms with Crippen LogP contribution in [0.5, 0.6) is 0 Å². The fourth-order valence-corrected chi connectivity index (χ4v) is 2.02. The van der Waals surface area contributed by atoms with E-state index in [0.29, 0.717) is 12.5 Å². The lowest BCUT2D eigenvalue weighted by molar-refractivity contribution is -0.0914. The molecule has 0 aromatic rings. The number of rotatable bonds is 5. The van der Waals surface area contributed by atoms with Crippen LogP contribution in [0.3, 0.4) is 0 Å². The van der Waals surface area contributed by atoms with Gasteiger partial charge in [-0.25, -0.2) is 0 Å². The van der Waals surface area contributed by atoms with E-state index >= 15 is 0 Å². The van der Waals surface area contributed by atoms with Crippen LogP contribution in [0.1, 0.15) is 40.0 Å². The van der Waals surface area contributed by atoms with Gasteiger partial charge in [0.2, 0.25) is 0 Å². The van der Waals surface area contributed by atoms with Crippen molar-refractivity contribution in [2.24, 2.45) is 0 Å². The molecule has 0 amide bonds. The maximum atomic E-state index is 11.9. The largest absolute Gasteiger partial charge is 0.375 e. The van der Waals surface area contributed by atoms with Gasteiger partial charge >= 0.3 is 0 Å². The van der Waals surface area contributed by atoms with E-state index in [0.717, 1.165) is 32.5 Å². The van der Waals surface area contributed by atoms with Crippen molar-refractivity contribution < 1.29 is 9.13 Å². The summed E-state index contributed by atoms with van der Waals surface area (Å²) in [5, 5.41) is 0. The smallest absolute Gasteiger partial charge is 0.0894 e. The highest BCUT2D eigenvalue weighted by molar-refractivity contribution is 4.86. The quantitative estimate of drug-likeness (QED) is 0.656. The number of hydrogen-bond donors (Lipinski definition) is 0. The Balaban J connectivity index is 2.30. The third-order valence-electron chi connectivity index (χ3n) is 3.12. The van der Waals surface area contributed by atoms with Crippen LogP contribution in [-0.4, -0.2) is 42.9 Å². The molecular formula is C12H24FNO. The van der Waals surface area contributed by atoms with Crippen molar-refractivity contribution in [2.75, 3.05) is 26.4 Å². The number of ether oxygens (including phenoxy) is 1. The molecule has 1 fully saturated rings. The molecule has 90 valence electrons. The zero-order chi connectivity index (χ0) is 11.3. The van der Waals surface area contributed by atoms with Crippen LogP contribution in [0.2, 0.25) is 0 Å². The molecule has 1 aliphatic heterocycles. The molecule has 1 atom stereocenters. The first-order chi connectivity index (χ1) is 7.06. The third-order valence-corrected chi connectivity index (χ3v) is 3.12. The summed E-state index contributed by atoms with van der Waals surface area (Å²) in [7, 11) is 0. The molecule has 0 aliphatic carbocycles. The highest BCUT2D eigenvalue weighted by Crippen LogP contribution is 2.22. The highest BCUT2D eigenvalue weighted by atomic mass is 19.1. The summed E-state index contributed by atoms with van der Waals surface area (Å²) in [6.07, 6.45) is 3.14. The Morgan fingerprint density at radius 1 is 1.33 bits per heavy atom. The monoisotopic (exact) mass is 217 g/mol. The van der Waals surface area contributed by atoms with E-state index in [1.807, 2.05) is 0 Å². The van der Waals surface area contributed by atoms with E-state index in [4.69, 9.17) is 4.74 Å². The zero-order valence-electron chi connectivity index (χ0n) is 10.3. The second-order valence-electron chi connectivity index (χ2n) is 5.13. The van der Waals surface area contributed by atoms with E-state index in [2.05, 4.69) is 25.7 Å². The van der Waals surface area contributed by atoms with E-state index < -0.39 is 0 Å². The first-order valence-corrected chi connectivity index (χ1v) is 5.99. The summed E-state index contributed by atoms with van der Waals surface area (Å²) in [5.74, 6) is 0. The maximum Gasteiger partial charge on any atom is 0.0894 e. The number of morpholine rings is 1. The Labute approximate surface area is 92.8 Å². The van der Waals surface area contributed by atoms with Gasteiger partial charge in [-0.15, -0.1) is 0 Å². The van der Waals surface area contributed by atoms with E-state index in [1.54, 1.807) is 0 Å². The lowest BCUT2D eigenvalue weighted by atomic mass is 10.0. The van der Waals surface area contributed by atoms with Gasteiger partial charge in [0.1, 0.15) is 0 Å². The molecule has 15 heavy (non-hydrogen) atoms. The summed E-state index contributed by atoms with van der Waals surface area (Å²) in [6, 6.07) is 0. The summed E-state index contributed by atoms with van der Waals surface area (Å²) < 4.78 is 17.6. The molecule has 2 nitrogen and oxygen atoms in total. The minimum Gasteiger partial charge on any atom is -0.375 e. The van der Waals surface area contributed by atoms with Gasteiger partial charge in [-0.3, -0.25) is 9.29 Å². The summed E-state index contributed by atoms with van der Waals surface area (Å²) in [5.41, 5.74) is 0.141. The van der Waals surface area contributed by atoms with Crippen molar-refractivity contribution in [1.29, 1.82) is 0 Å². The van der Waals surface area contributed by atoms with Crippen LogP contribution < -0.4 is 0 Å². The summed E-state index contributed by atoms with van der Waals surface area (Å²) in [4.78, 5) is 2.47. The SMILES string of the molecule is C[C@H]1CN(CCCCCF)C(C)(C)CO1. The number of nitrogens with zero attached hydrogens (tertiary/aromatic N) is 1. The first-order valence-electron chi connectivity index (χ1n) is 5.99. The fraction of sp³-hybridized carbons (Fsp3) is 1.00. The lowest BCUT2D eigenvalue weighted by Crippen LogP contribution is -2.55. The van der Waals surface area contributed by atoms with Gasteiger partial charge in [0.05, 0.1) is 19.4 Å². The normalized spacial score (nSPS) is 26.8. The number of hydrogen-bond acceptors (Lipinski definition) is 2. The van der Waals surface area contributed by atoms with Crippen molar-refractivity contribution in [3.8, 4) is 0 Å². The molecule has 1 saturated heterocycles. The zero-order valence-corrected chi connectivity index (χ0v) is 10.3. The van der Waals surface area contributed by atoms with Crippen molar-refractivity contribution in [3.05, 3.63) is 0 Å². The molecule has 0 saturated carbocycles. The van der Waals surface area contributed by atoms with Gasteiger partial charge < -0.3 is 4.74 Å². The topological polar surface area (TPSA) is 12.5 Å². The predicted octanol–water partition coefficient (Wildman–Crippen LogP) is 2.63. The Kier molecular flexibility index (Phi) is 5.00. The minimum absolute atomic E-state index is 0.141. The summed E-state index contributed by atoms with van der Waals surface area (Å²) >= 11 is 0. The average molecular weight is 217 g/mol. The minimum atomic E-state index is -0.178. The second kappa shape index (κ2) is 5.80. The molecule has 0 bridgehead atoms. The second-order valence-corrected chi connectivity index (χ2v) is 5.13. The number of unbranched alkanes of at least 4 members (excludes halogenated alkanes) is 2. The molecular weight excluding hydrogens is 193 g/mol. The van der Waals surface area contributed by atoms with Crippen molar-refractivity contribution in [2.45, 2.75) is 51.7 Å². The van der Waals surface area contributed by atoms with Crippen LogP contribution >= 0.6 is 0 Å². The fourth-order valence-electron chi connectivity index (χ4n) is 2.02. The molecule has 3 heteroatoms.